The number of thioether (sulfide) groups is 1. The fourth-order valence-electron chi connectivity index (χ4n) is 3.75. The third-order valence-corrected chi connectivity index (χ3v) is 8.97. The van der Waals surface area contributed by atoms with Crippen molar-refractivity contribution in [1.82, 2.24) is 34.7 Å². The van der Waals surface area contributed by atoms with Crippen molar-refractivity contribution in [3.05, 3.63) is 29.5 Å². The number of nitriles is 1. The summed E-state index contributed by atoms with van der Waals surface area (Å²) in [6.45, 7) is 4.04. The van der Waals surface area contributed by atoms with Gasteiger partial charge >= 0.3 is 0 Å². The van der Waals surface area contributed by atoms with Crippen LogP contribution in [0, 0.1) is 11.3 Å². The SMILES string of the molecule is CC(C)Sc1ncc(-c2cc(S(=O)(=O)NC3(C#N)CC3)cc3c(-c4nnc(C(F)F)s4)nn(C)c23)cn1. The van der Waals surface area contributed by atoms with Gasteiger partial charge in [0.1, 0.15) is 11.2 Å². The molecule has 10 nitrogen and oxygen atoms in total. The lowest BCUT2D eigenvalue weighted by Crippen LogP contribution is -2.35. The number of aryl methyl sites for hydroxylation is 1. The minimum atomic E-state index is -4.12. The van der Waals surface area contributed by atoms with E-state index in [2.05, 4.69) is 30.0 Å². The number of hydrogen-bond acceptors (Lipinski definition) is 10. The molecule has 1 aliphatic carbocycles. The van der Waals surface area contributed by atoms with E-state index in [-0.39, 0.29) is 20.8 Å². The summed E-state index contributed by atoms with van der Waals surface area (Å²) in [5.74, 6) is 0. The molecule has 0 radical (unpaired) electrons. The van der Waals surface area contributed by atoms with Crippen LogP contribution >= 0.6 is 23.1 Å². The summed E-state index contributed by atoms with van der Waals surface area (Å²) < 4.78 is 57.1. The van der Waals surface area contributed by atoms with Crippen molar-refractivity contribution in [2.45, 2.75) is 54.0 Å². The summed E-state index contributed by atoms with van der Waals surface area (Å²) in [5.41, 5.74) is 0.638. The molecule has 5 rings (SSSR count). The molecule has 0 spiro atoms. The number of sulfonamides is 1. The summed E-state index contributed by atoms with van der Waals surface area (Å²) >= 11 is 2.17. The van der Waals surface area contributed by atoms with Crippen LogP contribution in [0.1, 0.15) is 38.1 Å². The number of hydrogen-bond donors (Lipinski definition) is 1. The Morgan fingerprint density at radius 1 is 1.22 bits per heavy atom. The van der Waals surface area contributed by atoms with Gasteiger partial charge in [-0.15, -0.1) is 10.2 Å². The van der Waals surface area contributed by atoms with Gasteiger partial charge in [-0.3, -0.25) is 4.68 Å². The largest absolute Gasteiger partial charge is 0.291 e. The molecule has 15 heteroatoms. The highest BCUT2D eigenvalue weighted by Crippen LogP contribution is 2.40. The van der Waals surface area contributed by atoms with Gasteiger partial charge in [0.05, 0.1) is 16.5 Å². The highest BCUT2D eigenvalue weighted by atomic mass is 32.2. The van der Waals surface area contributed by atoms with Crippen LogP contribution in [0.3, 0.4) is 0 Å². The molecule has 0 amide bonds. The monoisotopic (exact) mass is 562 g/mol. The van der Waals surface area contributed by atoms with Gasteiger partial charge in [-0.05, 0) is 25.0 Å². The third kappa shape index (κ3) is 4.93. The molecule has 37 heavy (non-hydrogen) atoms. The lowest BCUT2D eigenvalue weighted by molar-refractivity contribution is 0.150. The number of nitrogens with one attached hydrogen (secondary N) is 1. The van der Waals surface area contributed by atoms with E-state index in [1.165, 1.54) is 28.6 Å². The van der Waals surface area contributed by atoms with Gasteiger partial charge in [-0.25, -0.2) is 27.2 Å². The van der Waals surface area contributed by atoms with Crippen LogP contribution in [0.2, 0.25) is 0 Å². The van der Waals surface area contributed by atoms with E-state index >= 15 is 0 Å². The van der Waals surface area contributed by atoms with Crippen LogP contribution in [0.4, 0.5) is 8.78 Å². The van der Waals surface area contributed by atoms with Gasteiger partial charge in [-0.1, -0.05) is 36.9 Å². The molecule has 3 aromatic heterocycles. The minimum absolute atomic E-state index is 0.106. The second-order valence-corrected chi connectivity index (χ2v) is 13.0. The number of halogens is 2. The van der Waals surface area contributed by atoms with Crippen molar-refractivity contribution < 1.29 is 17.2 Å². The molecule has 0 unspecified atom stereocenters. The minimum Gasteiger partial charge on any atom is -0.267 e. The Morgan fingerprint density at radius 3 is 2.49 bits per heavy atom. The average Bonchev–Trinajstić information content (AvgIpc) is 3.28. The predicted molar refractivity (Wildman–Crippen MR) is 134 cm³/mol. The summed E-state index contributed by atoms with van der Waals surface area (Å²) in [7, 11) is -2.46. The lowest BCUT2D eigenvalue weighted by atomic mass is 10.0. The van der Waals surface area contributed by atoms with Crippen LogP contribution in [-0.4, -0.2) is 49.2 Å². The van der Waals surface area contributed by atoms with E-state index < -0.39 is 27.0 Å². The Morgan fingerprint density at radius 2 is 1.92 bits per heavy atom. The van der Waals surface area contributed by atoms with Crippen LogP contribution in [0.15, 0.2) is 34.6 Å². The van der Waals surface area contributed by atoms with Crippen molar-refractivity contribution in [2.75, 3.05) is 0 Å². The van der Waals surface area contributed by atoms with Crippen molar-refractivity contribution in [3.63, 3.8) is 0 Å². The molecule has 1 aliphatic rings. The van der Waals surface area contributed by atoms with Crippen molar-refractivity contribution >= 4 is 44.0 Å². The quantitative estimate of drug-likeness (QED) is 0.246. The van der Waals surface area contributed by atoms with Crippen molar-refractivity contribution in [3.8, 4) is 27.9 Å². The number of aromatic nitrogens is 6. The Balaban J connectivity index is 1.71. The Bertz CT molecular complexity index is 1640. The molecular weight excluding hydrogens is 542 g/mol. The second kappa shape index (κ2) is 9.35. The first-order valence-electron chi connectivity index (χ1n) is 11.1. The second-order valence-electron chi connectivity index (χ2n) is 8.81. The zero-order chi connectivity index (χ0) is 26.5. The zero-order valence-electron chi connectivity index (χ0n) is 19.8. The molecule has 1 N–H and O–H groups in total. The van der Waals surface area contributed by atoms with Gasteiger partial charge in [-0.2, -0.15) is 15.1 Å². The van der Waals surface area contributed by atoms with Gasteiger partial charge in [0.25, 0.3) is 6.43 Å². The predicted octanol–water partition coefficient (Wildman–Crippen LogP) is 4.32. The van der Waals surface area contributed by atoms with E-state index in [1.807, 2.05) is 19.9 Å². The number of nitrogens with zero attached hydrogens (tertiary/aromatic N) is 7. The highest BCUT2D eigenvalue weighted by Gasteiger charge is 2.47. The van der Waals surface area contributed by atoms with Crippen molar-refractivity contribution in [1.29, 1.82) is 5.26 Å². The van der Waals surface area contributed by atoms with E-state index in [0.717, 1.165) is 0 Å². The van der Waals surface area contributed by atoms with Crippen LogP contribution in [0.5, 0.6) is 0 Å². The van der Waals surface area contributed by atoms with Gasteiger partial charge in [0.2, 0.25) is 10.0 Å². The summed E-state index contributed by atoms with van der Waals surface area (Å²) in [4.78, 5) is 8.70. The molecule has 0 saturated heterocycles. The maximum absolute atomic E-state index is 13.3. The number of benzene rings is 1. The fraction of sp³-hybridized carbons (Fsp3) is 0.364. The van der Waals surface area contributed by atoms with Gasteiger partial charge in [0, 0.05) is 41.2 Å². The standard InChI is InChI=1S/C22H20F2N8O2S3/c1-11(2)35-21-26-8-12(9-27-21)14-6-13(37(33,34)31-22(10-25)4-5-22)7-15-16(30-32(3)17(14)15)19-28-29-20(36-19)18(23)24/h6-9,11,18,31H,4-5H2,1-3H3. The van der Waals surface area contributed by atoms with E-state index in [1.54, 1.807) is 19.4 Å². The summed E-state index contributed by atoms with van der Waals surface area (Å²) in [6, 6.07) is 4.90. The molecule has 1 aromatic carbocycles. The zero-order valence-corrected chi connectivity index (χ0v) is 22.3. The first kappa shape index (κ1) is 25.6. The first-order chi connectivity index (χ1) is 17.5. The molecule has 4 aromatic rings. The third-order valence-electron chi connectivity index (χ3n) is 5.63. The Kier molecular flexibility index (Phi) is 6.47. The van der Waals surface area contributed by atoms with Gasteiger partial charge in [0.15, 0.2) is 15.2 Å². The molecule has 3 heterocycles. The average molecular weight is 563 g/mol. The topological polar surface area (TPSA) is 139 Å². The Labute approximate surface area is 219 Å². The maximum atomic E-state index is 13.3. The molecule has 0 atom stereocenters. The van der Waals surface area contributed by atoms with E-state index in [0.29, 0.717) is 51.4 Å². The fourth-order valence-corrected chi connectivity index (χ4v) is 6.52. The lowest BCUT2D eigenvalue weighted by Gasteiger charge is -2.13. The Hall–Kier alpha value is -3.06. The van der Waals surface area contributed by atoms with E-state index in [4.69, 9.17) is 0 Å². The molecular formula is C22H20F2N8O2S3. The molecule has 1 fully saturated rings. The number of alkyl halides is 2. The number of fused-ring (bicyclic) bond motifs is 1. The summed E-state index contributed by atoms with van der Waals surface area (Å²) in [5, 5.41) is 22.2. The van der Waals surface area contributed by atoms with Crippen LogP contribution in [0.25, 0.3) is 32.7 Å². The molecule has 0 bridgehead atoms. The smallest absolute Gasteiger partial charge is 0.267 e. The van der Waals surface area contributed by atoms with Crippen molar-refractivity contribution in [2.24, 2.45) is 7.05 Å². The van der Waals surface area contributed by atoms with E-state index in [9.17, 15) is 22.5 Å². The highest BCUT2D eigenvalue weighted by molar-refractivity contribution is 7.99. The summed E-state index contributed by atoms with van der Waals surface area (Å²) in [6.07, 6.45) is 1.23. The molecule has 192 valence electrons. The normalized spacial score (nSPS) is 15.0. The van der Waals surface area contributed by atoms with Crippen LogP contribution in [-0.2, 0) is 17.1 Å². The first-order valence-corrected chi connectivity index (χ1v) is 14.3. The maximum Gasteiger partial charge on any atom is 0.291 e. The number of rotatable bonds is 8. The van der Waals surface area contributed by atoms with Crippen LogP contribution < -0.4 is 4.72 Å². The molecule has 0 aliphatic heterocycles. The molecule has 1 saturated carbocycles. The van der Waals surface area contributed by atoms with Gasteiger partial charge < -0.3 is 0 Å².